The quantitative estimate of drug-likeness (QED) is 0.683. The maximum Gasteiger partial charge on any atom is 0.328 e. The highest BCUT2D eigenvalue weighted by molar-refractivity contribution is 5.94. The van der Waals surface area contributed by atoms with Crippen molar-refractivity contribution < 1.29 is 14.7 Å². The first-order chi connectivity index (χ1) is 10.1. The summed E-state index contributed by atoms with van der Waals surface area (Å²) in [5.74, 6) is -0.489. The number of aromatic amines is 1. The fraction of sp³-hybridized carbons (Fsp3) is 0.143. The van der Waals surface area contributed by atoms with E-state index in [9.17, 15) is 9.59 Å². The summed E-state index contributed by atoms with van der Waals surface area (Å²) >= 11 is 0. The molecule has 0 spiro atoms. The molecule has 0 aliphatic heterocycles. The number of rotatable bonds is 6. The van der Waals surface area contributed by atoms with E-state index >= 15 is 0 Å². The van der Waals surface area contributed by atoms with Crippen LogP contribution in [0.2, 0.25) is 0 Å². The van der Waals surface area contributed by atoms with Crippen LogP contribution in [0.1, 0.15) is 21.7 Å². The summed E-state index contributed by atoms with van der Waals surface area (Å²) in [6.07, 6.45) is 4.51. The van der Waals surface area contributed by atoms with Crippen molar-refractivity contribution in [1.29, 1.82) is 0 Å². The molecule has 0 aliphatic carbocycles. The Labute approximate surface area is 120 Å². The van der Waals surface area contributed by atoms with Gasteiger partial charge in [-0.3, -0.25) is 9.89 Å². The lowest BCUT2D eigenvalue weighted by Crippen LogP contribution is -2.25. The predicted molar refractivity (Wildman–Crippen MR) is 75.5 cm³/mol. The molecule has 0 unspecified atom stereocenters. The summed E-state index contributed by atoms with van der Waals surface area (Å²) in [7, 11) is 0. The number of carbonyl (C=O) groups is 2. The Morgan fingerprint density at radius 1 is 1.29 bits per heavy atom. The SMILES string of the molecule is O=C(O)C=Cc1ccc(C(=O)NCCc2ncn[nH]2)cc1. The van der Waals surface area contributed by atoms with Gasteiger partial charge in [0.25, 0.3) is 5.91 Å². The second-order valence-electron chi connectivity index (χ2n) is 4.23. The van der Waals surface area contributed by atoms with E-state index in [0.717, 1.165) is 11.6 Å². The smallest absolute Gasteiger partial charge is 0.328 e. The number of H-pyrrole nitrogens is 1. The molecule has 0 fully saturated rings. The van der Waals surface area contributed by atoms with Crippen molar-refractivity contribution in [3.63, 3.8) is 0 Å². The molecule has 0 atom stereocenters. The van der Waals surface area contributed by atoms with Gasteiger partial charge in [0, 0.05) is 24.6 Å². The van der Waals surface area contributed by atoms with Gasteiger partial charge in [0.05, 0.1) is 0 Å². The molecule has 1 amide bonds. The van der Waals surface area contributed by atoms with E-state index < -0.39 is 5.97 Å². The van der Waals surface area contributed by atoms with Crippen LogP contribution in [-0.2, 0) is 11.2 Å². The minimum absolute atomic E-state index is 0.191. The van der Waals surface area contributed by atoms with Crippen LogP contribution in [-0.4, -0.2) is 38.7 Å². The first-order valence-corrected chi connectivity index (χ1v) is 6.28. The normalized spacial score (nSPS) is 10.7. The Kier molecular flexibility index (Phi) is 4.81. The van der Waals surface area contributed by atoms with Gasteiger partial charge in [-0.2, -0.15) is 5.10 Å². The monoisotopic (exact) mass is 286 g/mol. The zero-order valence-electron chi connectivity index (χ0n) is 11.1. The molecule has 0 saturated heterocycles. The zero-order chi connectivity index (χ0) is 15.1. The molecule has 0 saturated carbocycles. The first kappa shape index (κ1) is 14.4. The van der Waals surface area contributed by atoms with Crippen LogP contribution in [0.4, 0.5) is 0 Å². The number of hydrogen-bond acceptors (Lipinski definition) is 4. The minimum atomic E-state index is -1.01. The largest absolute Gasteiger partial charge is 0.478 e. The number of nitrogens with zero attached hydrogens (tertiary/aromatic N) is 2. The van der Waals surface area contributed by atoms with Gasteiger partial charge in [-0.05, 0) is 23.8 Å². The summed E-state index contributed by atoms with van der Waals surface area (Å²) in [6, 6.07) is 6.66. The van der Waals surface area contributed by atoms with Crippen LogP contribution in [0.5, 0.6) is 0 Å². The maximum absolute atomic E-state index is 11.9. The lowest BCUT2D eigenvalue weighted by molar-refractivity contribution is -0.131. The van der Waals surface area contributed by atoms with E-state index in [2.05, 4.69) is 20.5 Å². The number of benzene rings is 1. The Morgan fingerprint density at radius 2 is 2.05 bits per heavy atom. The lowest BCUT2D eigenvalue weighted by atomic mass is 10.1. The molecule has 108 valence electrons. The summed E-state index contributed by atoms with van der Waals surface area (Å²) in [5.41, 5.74) is 1.23. The van der Waals surface area contributed by atoms with Crippen LogP contribution in [0, 0.1) is 0 Å². The van der Waals surface area contributed by atoms with Gasteiger partial charge < -0.3 is 10.4 Å². The lowest BCUT2D eigenvalue weighted by Gasteiger charge is -2.04. The third-order valence-electron chi connectivity index (χ3n) is 2.70. The summed E-state index contributed by atoms with van der Waals surface area (Å²) in [6.45, 7) is 0.453. The second kappa shape index (κ2) is 6.99. The van der Waals surface area contributed by atoms with Crippen LogP contribution >= 0.6 is 0 Å². The van der Waals surface area contributed by atoms with Gasteiger partial charge in [0.2, 0.25) is 0 Å². The molecule has 2 aromatic rings. The molecule has 0 bridgehead atoms. The molecule has 7 heteroatoms. The van der Waals surface area contributed by atoms with Crippen LogP contribution in [0.3, 0.4) is 0 Å². The van der Waals surface area contributed by atoms with Crippen molar-refractivity contribution >= 4 is 18.0 Å². The molecule has 1 heterocycles. The summed E-state index contributed by atoms with van der Waals surface area (Å²) < 4.78 is 0. The number of carboxylic acids is 1. The highest BCUT2D eigenvalue weighted by Crippen LogP contribution is 2.06. The van der Waals surface area contributed by atoms with E-state index in [-0.39, 0.29) is 5.91 Å². The number of amides is 1. The summed E-state index contributed by atoms with van der Waals surface area (Å²) in [4.78, 5) is 26.2. The van der Waals surface area contributed by atoms with E-state index in [4.69, 9.17) is 5.11 Å². The van der Waals surface area contributed by atoms with Crippen LogP contribution in [0.25, 0.3) is 6.08 Å². The maximum atomic E-state index is 11.9. The van der Waals surface area contributed by atoms with Crippen molar-refractivity contribution in [2.45, 2.75) is 6.42 Å². The van der Waals surface area contributed by atoms with Crippen molar-refractivity contribution in [2.24, 2.45) is 0 Å². The number of nitrogens with one attached hydrogen (secondary N) is 2. The molecule has 1 aromatic heterocycles. The second-order valence-corrected chi connectivity index (χ2v) is 4.23. The third-order valence-corrected chi connectivity index (χ3v) is 2.70. The molecular weight excluding hydrogens is 272 g/mol. The summed E-state index contributed by atoms with van der Waals surface area (Å²) in [5, 5.41) is 17.7. The van der Waals surface area contributed by atoms with E-state index in [0.29, 0.717) is 24.4 Å². The average Bonchev–Trinajstić information content (AvgIpc) is 2.99. The Balaban J connectivity index is 1.86. The van der Waals surface area contributed by atoms with Crippen LogP contribution in [0.15, 0.2) is 36.7 Å². The van der Waals surface area contributed by atoms with Crippen molar-refractivity contribution in [2.75, 3.05) is 6.54 Å². The molecule has 21 heavy (non-hydrogen) atoms. The van der Waals surface area contributed by atoms with Gasteiger partial charge >= 0.3 is 5.97 Å². The van der Waals surface area contributed by atoms with Gasteiger partial charge in [0.1, 0.15) is 12.2 Å². The fourth-order valence-corrected chi connectivity index (χ4v) is 1.66. The predicted octanol–water partition coefficient (Wildman–Crippen LogP) is 0.875. The Bertz CT molecular complexity index is 633. The Morgan fingerprint density at radius 3 is 2.67 bits per heavy atom. The van der Waals surface area contributed by atoms with Crippen molar-refractivity contribution in [3.8, 4) is 0 Å². The number of aromatic nitrogens is 3. The van der Waals surface area contributed by atoms with E-state index in [1.807, 2.05) is 0 Å². The first-order valence-electron chi connectivity index (χ1n) is 6.28. The number of aliphatic carboxylic acids is 1. The highest BCUT2D eigenvalue weighted by Gasteiger charge is 2.05. The topological polar surface area (TPSA) is 108 Å². The molecule has 3 N–H and O–H groups in total. The van der Waals surface area contributed by atoms with Gasteiger partial charge in [-0.25, -0.2) is 9.78 Å². The zero-order valence-corrected chi connectivity index (χ0v) is 11.1. The van der Waals surface area contributed by atoms with E-state index in [1.54, 1.807) is 24.3 Å². The van der Waals surface area contributed by atoms with E-state index in [1.165, 1.54) is 12.4 Å². The number of hydrogen-bond donors (Lipinski definition) is 3. The van der Waals surface area contributed by atoms with Crippen molar-refractivity contribution in [1.82, 2.24) is 20.5 Å². The minimum Gasteiger partial charge on any atom is -0.478 e. The molecular formula is C14H14N4O3. The molecule has 1 aromatic carbocycles. The van der Waals surface area contributed by atoms with Crippen LogP contribution < -0.4 is 5.32 Å². The van der Waals surface area contributed by atoms with Crippen molar-refractivity contribution in [3.05, 3.63) is 53.6 Å². The third kappa shape index (κ3) is 4.57. The number of carbonyl (C=O) groups excluding carboxylic acids is 1. The molecule has 2 rings (SSSR count). The standard InChI is InChI=1S/C14H14N4O3/c19-13(20)6-3-10-1-4-11(5-2-10)14(21)15-8-7-12-16-9-17-18-12/h1-6,9H,7-8H2,(H,15,21)(H,19,20)(H,16,17,18). The van der Waals surface area contributed by atoms with Gasteiger partial charge in [-0.1, -0.05) is 12.1 Å². The average molecular weight is 286 g/mol. The molecule has 0 radical (unpaired) electrons. The highest BCUT2D eigenvalue weighted by atomic mass is 16.4. The molecule has 0 aliphatic rings. The number of carboxylic acid groups (broad SMARTS) is 1. The van der Waals surface area contributed by atoms with Gasteiger partial charge in [0.15, 0.2) is 0 Å². The van der Waals surface area contributed by atoms with Gasteiger partial charge in [-0.15, -0.1) is 0 Å². The molecule has 7 nitrogen and oxygen atoms in total. The Hall–Kier alpha value is -2.96. The fourth-order valence-electron chi connectivity index (χ4n) is 1.66.